The number of thioether (sulfide) groups is 1. The molecule has 1 heterocycles. The van der Waals surface area contributed by atoms with Crippen LogP contribution in [0.15, 0.2) is 53.6 Å². The first kappa shape index (κ1) is 21.3. The standard InChI is InChI=1S/C25H28O3S/c1-6-19-12-16(3)11-17(4)23(19)24-21(26)13-22(28-25(24)27)18(5)14-29-20-9-7-15(2)8-10-20/h6-12,18,22,26H,1,13-14H2,2-5H3. The summed E-state index contributed by atoms with van der Waals surface area (Å²) in [6, 6.07) is 12.4. The van der Waals surface area contributed by atoms with Gasteiger partial charge in [0, 0.05) is 28.6 Å². The van der Waals surface area contributed by atoms with E-state index in [0.29, 0.717) is 12.0 Å². The van der Waals surface area contributed by atoms with Gasteiger partial charge >= 0.3 is 5.97 Å². The molecular weight excluding hydrogens is 380 g/mol. The molecule has 0 saturated carbocycles. The predicted octanol–water partition coefficient (Wildman–Crippen LogP) is 6.27. The molecule has 0 spiro atoms. The third-order valence-corrected chi connectivity index (χ3v) is 6.59. The van der Waals surface area contributed by atoms with Crippen molar-refractivity contribution in [3.05, 3.63) is 76.6 Å². The molecule has 1 aliphatic heterocycles. The molecule has 4 heteroatoms. The van der Waals surface area contributed by atoms with Crippen molar-refractivity contribution in [1.82, 2.24) is 0 Å². The average molecular weight is 409 g/mol. The number of aliphatic hydroxyl groups is 1. The van der Waals surface area contributed by atoms with Crippen LogP contribution in [0.2, 0.25) is 0 Å². The van der Waals surface area contributed by atoms with Gasteiger partial charge in [0.15, 0.2) is 0 Å². The van der Waals surface area contributed by atoms with Gasteiger partial charge in [-0.05, 0) is 44.0 Å². The lowest BCUT2D eigenvalue weighted by Gasteiger charge is -2.29. The number of carbonyl (C=O) groups excluding carboxylic acids is 1. The van der Waals surface area contributed by atoms with E-state index in [4.69, 9.17) is 4.74 Å². The lowest BCUT2D eigenvalue weighted by atomic mass is 9.89. The van der Waals surface area contributed by atoms with Gasteiger partial charge in [-0.3, -0.25) is 0 Å². The summed E-state index contributed by atoms with van der Waals surface area (Å²) in [6.07, 6.45) is 1.72. The van der Waals surface area contributed by atoms with Crippen LogP contribution < -0.4 is 0 Å². The van der Waals surface area contributed by atoms with E-state index in [9.17, 15) is 9.90 Å². The maximum Gasteiger partial charge on any atom is 0.342 e. The smallest absolute Gasteiger partial charge is 0.342 e. The van der Waals surface area contributed by atoms with Crippen LogP contribution in [-0.4, -0.2) is 22.9 Å². The fraction of sp³-hybridized carbons (Fsp3) is 0.320. The van der Waals surface area contributed by atoms with E-state index in [1.807, 2.05) is 26.0 Å². The summed E-state index contributed by atoms with van der Waals surface area (Å²) in [7, 11) is 0. The number of hydrogen-bond acceptors (Lipinski definition) is 4. The van der Waals surface area contributed by atoms with E-state index >= 15 is 0 Å². The number of aryl methyl sites for hydroxylation is 3. The molecule has 2 aromatic carbocycles. The summed E-state index contributed by atoms with van der Waals surface area (Å²) >= 11 is 1.74. The van der Waals surface area contributed by atoms with Crippen molar-refractivity contribution in [3.8, 4) is 0 Å². The Bertz CT molecular complexity index is 957. The van der Waals surface area contributed by atoms with Gasteiger partial charge in [0.05, 0.1) is 0 Å². The maximum atomic E-state index is 12.9. The normalized spacial score (nSPS) is 17.8. The van der Waals surface area contributed by atoms with E-state index in [1.165, 1.54) is 10.5 Å². The molecule has 2 aromatic rings. The van der Waals surface area contributed by atoms with Gasteiger partial charge in [0.2, 0.25) is 0 Å². The Kier molecular flexibility index (Phi) is 6.53. The number of benzene rings is 2. The minimum absolute atomic E-state index is 0.105. The van der Waals surface area contributed by atoms with E-state index in [0.717, 1.165) is 22.4 Å². The highest BCUT2D eigenvalue weighted by atomic mass is 32.2. The molecule has 0 radical (unpaired) electrons. The molecule has 3 nitrogen and oxygen atoms in total. The zero-order valence-corrected chi connectivity index (χ0v) is 18.3. The predicted molar refractivity (Wildman–Crippen MR) is 121 cm³/mol. The first-order chi connectivity index (χ1) is 13.8. The van der Waals surface area contributed by atoms with Crippen molar-refractivity contribution in [1.29, 1.82) is 0 Å². The first-order valence-electron chi connectivity index (χ1n) is 9.86. The molecule has 1 N–H and O–H groups in total. The Hall–Kier alpha value is -2.46. The maximum absolute atomic E-state index is 12.9. The third-order valence-electron chi connectivity index (χ3n) is 5.29. The molecule has 0 saturated heterocycles. The highest BCUT2D eigenvalue weighted by Crippen LogP contribution is 2.36. The van der Waals surface area contributed by atoms with Crippen molar-refractivity contribution in [2.45, 2.75) is 45.1 Å². The second kappa shape index (κ2) is 8.91. The number of carbonyl (C=O) groups is 1. The fourth-order valence-electron chi connectivity index (χ4n) is 3.68. The monoisotopic (exact) mass is 408 g/mol. The van der Waals surface area contributed by atoms with Crippen LogP contribution in [0, 0.1) is 26.7 Å². The Labute approximate surface area is 177 Å². The minimum Gasteiger partial charge on any atom is -0.511 e. The molecule has 0 aliphatic carbocycles. The lowest BCUT2D eigenvalue weighted by molar-refractivity contribution is -0.145. The molecular formula is C25H28O3S. The number of rotatable bonds is 6. The molecule has 1 aliphatic rings. The summed E-state index contributed by atoms with van der Waals surface area (Å²) in [5.41, 5.74) is 5.07. The van der Waals surface area contributed by atoms with E-state index in [1.54, 1.807) is 17.8 Å². The van der Waals surface area contributed by atoms with E-state index in [2.05, 4.69) is 44.7 Å². The molecule has 0 aromatic heterocycles. The topological polar surface area (TPSA) is 46.5 Å². The zero-order valence-electron chi connectivity index (χ0n) is 17.5. The van der Waals surface area contributed by atoms with Gasteiger partial charge in [0.1, 0.15) is 17.4 Å². The van der Waals surface area contributed by atoms with Gasteiger partial charge in [-0.2, -0.15) is 0 Å². The largest absolute Gasteiger partial charge is 0.511 e. The molecule has 0 fully saturated rings. The number of ether oxygens (including phenoxy) is 1. The summed E-state index contributed by atoms with van der Waals surface area (Å²) in [5, 5.41) is 10.8. The summed E-state index contributed by atoms with van der Waals surface area (Å²) in [4.78, 5) is 14.0. The van der Waals surface area contributed by atoms with Crippen LogP contribution in [0.1, 0.15) is 41.2 Å². The second-order valence-corrected chi connectivity index (χ2v) is 8.91. The molecule has 3 rings (SSSR count). The number of cyclic esters (lactones) is 1. The van der Waals surface area contributed by atoms with Gasteiger partial charge < -0.3 is 9.84 Å². The van der Waals surface area contributed by atoms with E-state index < -0.39 is 5.97 Å². The molecule has 2 atom stereocenters. The molecule has 2 unspecified atom stereocenters. The van der Waals surface area contributed by atoms with Crippen LogP contribution in [0.25, 0.3) is 11.6 Å². The molecule has 29 heavy (non-hydrogen) atoms. The van der Waals surface area contributed by atoms with Crippen LogP contribution >= 0.6 is 11.8 Å². The molecule has 152 valence electrons. The number of esters is 1. The number of aliphatic hydroxyl groups excluding tert-OH is 1. The summed E-state index contributed by atoms with van der Waals surface area (Å²) < 4.78 is 5.77. The SMILES string of the molecule is C=Cc1cc(C)cc(C)c1C1=C(O)CC(C(C)CSc2ccc(C)cc2)OC1=O. The van der Waals surface area contributed by atoms with Gasteiger partial charge in [-0.1, -0.05) is 55.0 Å². The fourth-order valence-corrected chi connectivity index (χ4v) is 4.68. The summed E-state index contributed by atoms with van der Waals surface area (Å²) in [5.74, 6) is 0.576. The first-order valence-corrected chi connectivity index (χ1v) is 10.8. The quantitative estimate of drug-likeness (QED) is 0.452. The van der Waals surface area contributed by atoms with E-state index in [-0.39, 0.29) is 23.4 Å². The highest BCUT2D eigenvalue weighted by molar-refractivity contribution is 7.99. The average Bonchev–Trinajstić information content (AvgIpc) is 2.67. The Morgan fingerprint density at radius 2 is 1.90 bits per heavy atom. The summed E-state index contributed by atoms with van der Waals surface area (Å²) in [6.45, 7) is 11.9. The van der Waals surface area contributed by atoms with Crippen molar-refractivity contribution < 1.29 is 14.6 Å². The van der Waals surface area contributed by atoms with Gasteiger partial charge in [-0.15, -0.1) is 11.8 Å². The second-order valence-electron chi connectivity index (χ2n) is 7.82. The van der Waals surface area contributed by atoms with Crippen LogP contribution in [0.3, 0.4) is 0 Å². The van der Waals surface area contributed by atoms with Crippen molar-refractivity contribution >= 4 is 29.4 Å². The lowest BCUT2D eigenvalue weighted by Crippen LogP contribution is -2.32. The molecule has 0 amide bonds. The van der Waals surface area contributed by atoms with Crippen molar-refractivity contribution in [2.24, 2.45) is 5.92 Å². The number of hydrogen-bond donors (Lipinski definition) is 1. The third kappa shape index (κ3) is 4.76. The molecule has 0 bridgehead atoms. The van der Waals surface area contributed by atoms with Crippen LogP contribution in [-0.2, 0) is 9.53 Å². The van der Waals surface area contributed by atoms with Gasteiger partial charge in [-0.25, -0.2) is 4.79 Å². The minimum atomic E-state index is -0.457. The zero-order chi connectivity index (χ0) is 21.1. The van der Waals surface area contributed by atoms with Crippen molar-refractivity contribution in [3.63, 3.8) is 0 Å². The van der Waals surface area contributed by atoms with Crippen LogP contribution in [0.4, 0.5) is 0 Å². The highest BCUT2D eigenvalue weighted by Gasteiger charge is 2.34. The van der Waals surface area contributed by atoms with Crippen LogP contribution in [0.5, 0.6) is 0 Å². The van der Waals surface area contributed by atoms with Gasteiger partial charge in [0.25, 0.3) is 0 Å². The Balaban J connectivity index is 1.78. The van der Waals surface area contributed by atoms with Crippen molar-refractivity contribution in [2.75, 3.05) is 5.75 Å². The Morgan fingerprint density at radius 1 is 1.21 bits per heavy atom. The Morgan fingerprint density at radius 3 is 2.52 bits per heavy atom.